The highest BCUT2D eigenvalue weighted by molar-refractivity contribution is 6.28. The van der Waals surface area contributed by atoms with Gasteiger partial charge in [-0.15, -0.1) is 0 Å². The molecule has 0 saturated heterocycles. The summed E-state index contributed by atoms with van der Waals surface area (Å²) >= 11 is 0. The van der Waals surface area contributed by atoms with Crippen LogP contribution in [0.4, 0.5) is 11.4 Å². The molecule has 2 nitrogen and oxygen atoms in total. The predicted octanol–water partition coefficient (Wildman–Crippen LogP) is 6.65. The SMILES string of the molecule is c1ccc2c(C3=Nc4cccc5cccc(c45)N3)c3ccccc3cc2c1. The van der Waals surface area contributed by atoms with Crippen molar-refractivity contribution >= 4 is 49.5 Å². The van der Waals surface area contributed by atoms with Crippen LogP contribution >= 0.6 is 0 Å². The molecule has 0 radical (unpaired) electrons. The number of fused-ring (bicyclic) bond motifs is 2. The number of anilines is 1. The van der Waals surface area contributed by atoms with E-state index in [1.54, 1.807) is 0 Å². The third kappa shape index (κ3) is 2.10. The van der Waals surface area contributed by atoms with Crippen molar-refractivity contribution in [2.24, 2.45) is 4.99 Å². The average Bonchev–Trinajstić information content (AvgIpc) is 2.72. The molecule has 5 aromatic carbocycles. The van der Waals surface area contributed by atoms with Gasteiger partial charge in [0, 0.05) is 16.6 Å². The lowest BCUT2D eigenvalue weighted by atomic mass is 9.95. The molecule has 0 aromatic heterocycles. The van der Waals surface area contributed by atoms with Crippen molar-refractivity contribution in [3.05, 3.63) is 96.6 Å². The fraction of sp³-hybridized carbons (Fsp3) is 0. The summed E-state index contributed by atoms with van der Waals surface area (Å²) < 4.78 is 0. The molecule has 0 aliphatic carbocycles. The number of hydrogen-bond donors (Lipinski definition) is 1. The van der Waals surface area contributed by atoms with E-state index in [0.717, 1.165) is 22.8 Å². The van der Waals surface area contributed by atoms with Gasteiger partial charge in [-0.2, -0.15) is 0 Å². The molecule has 126 valence electrons. The minimum absolute atomic E-state index is 0.911. The van der Waals surface area contributed by atoms with E-state index in [4.69, 9.17) is 4.99 Å². The summed E-state index contributed by atoms with van der Waals surface area (Å²) in [5.41, 5.74) is 3.30. The molecule has 27 heavy (non-hydrogen) atoms. The molecule has 0 saturated carbocycles. The lowest BCUT2D eigenvalue weighted by Crippen LogP contribution is -2.17. The molecule has 1 heterocycles. The lowest BCUT2D eigenvalue weighted by Gasteiger charge is -2.21. The highest BCUT2D eigenvalue weighted by atomic mass is 15.0. The zero-order valence-electron chi connectivity index (χ0n) is 14.6. The van der Waals surface area contributed by atoms with Crippen molar-refractivity contribution in [1.29, 1.82) is 0 Å². The Balaban J connectivity index is 1.73. The molecule has 1 N–H and O–H groups in total. The van der Waals surface area contributed by atoms with Gasteiger partial charge in [0.25, 0.3) is 0 Å². The van der Waals surface area contributed by atoms with E-state index in [0.29, 0.717) is 0 Å². The minimum Gasteiger partial charge on any atom is -0.339 e. The molecule has 0 spiro atoms. The Morgan fingerprint density at radius 3 is 1.96 bits per heavy atom. The first-order valence-electron chi connectivity index (χ1n) is 9.17. The van der Waals surface area contributed by atoms with Gasteiger partial charge in [-0.05, 0) is 45.1 Å². The molecular weight excluding hydrogens is 328 g/mol. The number of amidine groups is 1. The Morgan fingerprint density at radius 1 is 0.593 bits per heavy atom. The summed E-state index contributed by atoms with van der Waals surface area (Å²) in [7, 11) is 0. The van der Waals surface area contributed by atoms with E-state index in [2.05, 4.69) is 96.3 Å². The first-order valence-corrected chi connectivity index (χ1v) is 9.17. The summed E-state index contributed by atoms with van der Waals surface area (Å²) in [4.78, 5) is 5.04. The Kier molecular flexibility index (Phi) is 2.91. The second-order valence-corrected chi connectivity index (χ2v) is 6.96. The van der Waals surface area contributed by atoms with Gasteiger partial charge in [0.1, 0.15) is 5.84 Å². The topological polar surface area (TPSA) is 24.4 Å². The standard InChI is InChI=1S/C25H16N2/c1-3-11-19-17(7-1)15-18-8-2-4-12-20(18)24(19)25-26-21-13-5-9-16-10-6-14-22(27-25)23(16)21/h1-15H,(H,26,27). The van der Waals surface area contributed by atoms with Crippen LogP contribution in [0.2, 0.25) is 0 Å². The van der Waals surface area contributed by atoms with E-state index >= 15 is 0 Å². The van der Waals surface area contributed by atoms with Crippen LogP contribution in [0.3, 0.4) is 0 Å². The number of rotatable bonds is 1. The van der Waals surface area contributed by atoms with Gasteiger partial charge in [0.05, 0.1) is 5.69 Å². The largest absolute Gasteiger partial charge is 0.339 e. The first kappa shape index (κ1) is 14.5. The molecule has 0 fully saturated rings. The van der Waals surface area contributed by atoms with Crippen LogP contribution in [0, 0.1) is 0 Å². The lowest BCUT2D eigenvalue weighted by molar-refractivity contribution is 1.48. The molecule has 1 aliphatic rings. The van der Waals surface area contributed by atoms with Crippen LogP contribution in [0.5, 0.6) is 0 Å². The summed E-state index contributed by atoms with van der Waals surface area (Å²) in [6.45, 7) is 0. The normalized spacial score (nSPS) is 13.0. The summed E-state index contributed by atoms with van der Waals surface area (Å²) in [6, 6.07) is 32.0. The van der Waals surface area contributed by atoms with Crippen LogP contribution < -0.4 is 5.32 Å². The van der Waals surface area contributed by atoms with Gasteiger partial charge in [0.2, 0.25) is 0 Å². The molecular formula is C25H16N2. The van der Waals surface area contributed by atoms with Crippen LogP contribution in [0.25, 0.3) is 32.3 Å². The third-order valence-electron chi connectivity index (χ3n) is 5.38. The second kappa shape index (κ2) is 5.42. The zero-order valence-corrected chi connectivity index (χ0v) is 14.6. The van der Waals surface area contributed by atoms with E-state index in [1.807, 2.05) is 0 Å². The van der Waals surface area contributed by atoms with Gasteiger partial charge in [-0.3, -0.25) is 0 Å². The Bertz CT molecular complexity index is 1340. The Hall–Kier alpha value is -3.65. The average molecular weight is 344 g/mol. The van der Waals surface area contributed by atoms with Gasteiger partial charge in [-0.25, -0.2) is 4.99 Å². The molecule has 0 unspecified atom stereocenters. The second-order valence-electron chi connectivity index (χ2n) is 6.96. The van der Waals surface area contributed by atoms with Crippen LogP contribution in [-0.4, -0.2) is 5.84 Å². The Morgan fingerprint density at radius 2 is 1.22 bits per heavy atom. The maximum atomic E-state index is 5.04. The molecule has 0 amide bonds. The van der Waals surface area contributed by atoms with Crippen LogP contribution in [0.15, 0.2) is 96.0 Å². The number of hydrogen-bond acceptors (Lipinski definition) is 2. The van der Waals surface area contributed by atoms with Crippen molar-refractivity contribution in [3.8, 4) is 0 Å². The molecule has 0 bridgehead atoms. The zero-order chi connectivity index (χ0) is 17.8. The molecule has 6 rings (SSSR count). The van der Waals surface area contributed by atoms with E-state index in [9.17, 15) is 0 Å². The van der Waals surface area contributed by atoms with E-state index in [1.165, 1.54) is 32.3 Å². The van der Waals surface area contributed by atoms with E-state index < -0.39 is 0 Å². The summed E-state index contributed by atoms with van der Waals surface area (Å²) in [5, 5.41) is 10.9. The van der Waals surface area contributed by atoms with Gasteiger partial charge < -0.3 is 5.32 Å². The maximum Gasteiger partial charge on any atom is 0.139 e. The van der Waals surface area contributed by atoms with Gasteiger partial charge >= 0.3 is 0 Å². The van der Waals surface area contributed by atoms with E-state index in [-0.39, 0.29) is 0 Å². The van der Waals surface area contributed by atoms with Crippen molar-refractivity contribution in [3.63, 3.8) is 0 Å². The fourth-order valence-corrected chi connectivity index (χ4v) is 4.18. The first-order chi connectivity index (χ1) is 13.4. The van der Waals surface area contributed by atoms with Crippen LogP contribution in [0.1, 0.15) is 5.56 Å². The summed E-state index contributed by atoms with van der Waals surface area (Å²) in [6.07, 6.45) is 0. The fourth-order valence-electron chi connectivity index (χ4n) is 4.18. The quantitative estimate of drug-likeness (QED) is 0.338. The molecule has 5 aromatic rings. The van der Waals surface area contributed by atoms with Gasteiger partial charge in [-0.1, -0.05) is 72.8 Å². The highest BCUT2D eigenvalue weighted by Crippen LogP contribution is 2.38. The number of nitrogens with zero attached hydrogens (tertiary/aromatic N) is 1. The number of benzene rings is 5. The van der Waals surface area contributed by atoms with Crippen molar-refractivity contribution in [2.75, 3.05) is 5.32 Å². The Labute approximate surface area is 156 Å². The molecule has 2 heteroatoms. The van der Waals surface area contributed by atoms with Crippen molar-refractivity contribution in [1.82, 2.24) is 0 Å². The van der Waals surface area contributed by atoms with Crippen LogP contribution in [-0.2, 0) is 0 Å². The maximum absolute atomic E-state index is 5.04. The van der Waals surface area contributed by atoms with Crippen molar-refractivity contribution < 1.29 is 0 Å². The number of nitrogens with one attached hydrogen (secondary N) is 1. The monoisotopic (exact) mass is 344 g/mol. The van der Waals surface area contributed by atoms with Crippen molar-refractivity contribution in [2.45, 2.75) is 0 Å². The molecule has 1 aliphatic heterocycles. The summed E-state index contributed by atoms with van der Waals surface area (Å²) in [5.74, 6) is 0.911. The minimum atomic E-state index is 0.911. The predicted molar refractivity (Wildman–Crippen MR) is 115 cm³/mol. The third-order valence-corrected chi connectivity index (χ3v) is 5.38. The smallest absolute Gasteiger partial charge is 0.139 e. The van der Waals surface area contributed by atoms with Gasteiger partial charge in [0.15, 0.2) is 0 Å². The number of aliphatic imine (C=N–C) groups is 1. The highest BCUT2D eigenvalue weighted by Gasteiger charge is 2.19. The molecule has 0 atom stereocenters.